The van der Waals surface area contributed by atoms with Crippen molar-refractivity contribution in [2.24, 2.45) is 0 Å². The second kappa shape index (κ2) is 8.56. The van der Waals surface area contributed by atoms with Crippen LogP contribution >= 0.6 is 20.3 Å². The molecule has 1 rings (SSSR count). The molecule has 0 spiro atoms. The van der Waals surface area contributed by atoms with Gasteiger partial charge in [-0.05, 0) is 6.42 Å². The Kier molecular flexibility index (Phi) is 8.91. The minimum atomic E-state index is 1.09. The van der Waals surface area contributed by atoms with Crippen molar-refractivity contribution in [2.45, 2.75) is 26.2 Å². The molecule has 0 aliphatic rings. The average Bonchev–Trinajstić information content (AvgIpc) is 2.57. The van der Waals surface area contributed by atoms with E-state index in [1.165, 1.54) is 12.8 Å². The summed E-state index contributed by atoms with van der Waals surface area (Å²) in [5.74, 6) is 1.11. The Labute approximate surface area is 87.1 Å². The fourth-order valence-electron chi connectivity index (χ4n) is 0.779. The van der Waals surface area contributed by atoms with Crippen LogP contribution in [-0.4, -0.2) is 9.97 Å². The van der Waals surface area contributed by atoms with Gasteiger partial charge in [-0.1, -0.05) is 13.3 Å². The van der Waals surface area contributed by atoms with Gasteiger partial charge in [0.15, 0.2) is 0 Å². The Balaban J connectivity index is 0.000000461. The molecule has 2 nitrogen and oxygen atoms in total. The Morgan fingerprint density at radius 2 is 2.36 bits per heavy atom. The van der Waals surface area contributed by atoms with Gasteiger partial charge in [0.1, 0.15) is 5.82 Å². The molecule has 0 saturated heterocycles. The number of halogens is 1. The van der Waals surface area contributed by atoms with Gasteiger partial charge in [0, 0.05) is 18.8 Å². The van der Waals surface area contributed by atoms with E-state index in [4.69, 9.17) is 0 Å². The van der Waals surface area contributed by atoms with Crippen LogP contribution in [0.25, 0.3) is 0 Å². The Bertz CT molecular complexity index is 153. The van der Waals surface area contributed by atoms with Crippen LogP contribution in [0.15, 0.2) is 12.4 Å². The summed E-state index contributed by atoms with van der Waals surface area (Å²) in [6.45, 7) is 2.18. The molecule has 1 aromatic heterocycles. The fraction of sp³-hybridized carbons (Fsp3) is 0.571. The standard InChI is InChI=1S/C7H12N2.Cu.HI/c1-2-3-4-7-8-5-6-9-7;;/h5-6H,2-4H2,1H3,(H,8,9);;1H/q;+1;/p-1. The van der Waals surface area contributed by atoms with Gasteiger partial charge in [0.2, 0.25) is 0 Å². The monoisotopic (exact) mass is 314 g/mol. The third-order valence-electron chi connectivity index (χ3n) is 1.32. The number of aryl methyl sites for hydroxylation is 1. The van der Waals surface area contributed by atoms with Gasteiger partial charge in [-0.3, -0.25) is 0 Å². The first kappa shape index (κ1) is 11.5. The van der Waals surface area contributed by atoms with Gasteiger partial charge in [-0.15, -0.1) is 0 Å². The Morgan fingerprint density at radius 3 is 2.82 bits per heavy atom. The molecule has 68 valence electrons. The molecule has 1 N–H and O–H groups in total. The van der Waals surface area contributed by atoms with E-state index in [1.54, 1.807) is 26.5 Å². The van der Waals surface area contributed by atoms with Crippen molar-refractivity contribution in [3.05, 3.63) is 18.2 Å². The summed E-state index contributed by atoms with van der Waals surface area (Å²) in [4.78, 5) is 7.16. The fourth-order valence-corrected chi connectivity index (χ4v) is 0.779. The van der Waals surface area contributed by atoms with E-state index in [2.05, 4.69) is 29.7 Å². The normalized spacial score (nSPS) is 8.73. The zero-order valence-corrected chi connectivity index (χ0v) is 9.50. The number of nitrogens with one attached hydrogen (secondary N) is 1. The first-order valence-corrected chi connectivity index (χ1v) is 6.57. The van der Waals surface area contributed by atoms with Crippen molar-refractivity contribution in [2.75, 3.05) is 0 Å². The first-order chi connectivity index (χ1) is 5.43. The van der Waals surface area contributed by atoms with Crippen LogP contribution in [-0.2, 0) is 19.2 Å². The van der Waals surface area contributed by atoms with Crippen molar-refractivity contribution in [3.8, 4) is 0 Å². The van der Waals surface area contributed by atoms with E-state index in [0.717, 1.165) is 12.2 Å². The van der Waals surface area contributed by atoms with Gasteiger partial charge < -0.3 is 4.98 Å². The average molecular weight is 315 g/mol. The molecule has 0 bridgehead atoms. The number of unbranched alkanes of at least 4 members (excludes halogenated alkanes) is 1. The number of H-pyrrole nitrogens is 1. The van der Waals surface area contributed by atoms with Crippen LogP contribution < -0.4 is 0 Å². The van der Waals surface area contributed by atoms with Gasteiger partial charge in [0.25, 0.3) is 0 Å². The van der Waals surface area contributed by atoms with Crippen LogP contribution in [0.5, 0.6) is 0 Å². The van der Waals surface area contributed by atoms with E-state index in [-0.39, 0.29) is 0 Å². The zero-order chi connectivity index (χ0) is 8.53. The number of nitrogens with zero attached hydrogens (tertiary/aromatic N) is 1. The number of hydrogen-bond donors (Lipinski definition) is 1. The van der Waals surface area contributed by atoms with Crippen LogP contribution in [0.4, 0.5) is 0 Å². The van der Waals surface area contributed by atoms with E-state index >= 15 is 0 Å². The second-order valence-corrected chi connectivity index (χ2v) is 2.14. The Hall–Kier alpha value is 0.459. The number of rotatable bonds is 3. The third kappa shape index (κ3) is 5.70. The van der Waals surface area contributed by atoms with Crippen LogP contribution in [0.2, 0.25) is 0 Å². The number of hydrogen-bond acceptors (Lipinski definition) is 1. The molecule has 0 aromatic carbocycles. The first-order valence-electron chi connectivity index (χ1n) is 3.53. The molecule has 1 aromatic rings. The van der Waals surface area contributed by atoms with Gasteiger partial charge in [-0.25, -0.2) is 4.98 Å². The van der Waals surface area contributed by atoms with E-state index in [9.17, 15) is 0 Å². The van der Waals surface area contributed by atoms with Gasteiger partial charge >= 0.3 is 33.1 Å². The second-order valence-electron chi connectivity index (χ2n) is 2.14. The number of aromatic amines is 1. The quantitative estimate of drug-likeness (QED) is 0.674. The summed E-state index contributed by atoms with van der Waals surface area (Å²) in [6, 6.07) is 0. The molecule has 0 saturated carbocycles. The summed E-state index contributed by atoms with van der Waals surface area (Å²) in [7, 11) is 0. The topological polar surface area (TPSA) is 28.7 Å². The van der Waals surface area contributed by atoms with E-state index < -0.39 is 0 Å². The molecule has 0 radical (unpaired) electrons. The molecule has 0 atom stereocenters. The van der Waals surface area contributed by atoms with E-state index in [0.29, 0.717) is 0 Å². The van der Waals surface area contributed by atoms with Crippen molar-refractivity contribution < 1.29 is 12.8 Å². The minimum absolute atomic E-state index is 1.09. The molecular formula is C7H12CuIN2. The summed E-state index contributed by atoms with van der Waals surface area (Å²) >= 11 is 5.87. The SMILES string of the molecule is CCCCc1ncc[nH]1.[Cu][I]. The zero-order valence-electron chi connectivity index (χ0n) is 6.40. The maximum absolute atomic E-state index is 4.16. The van der Waals surface area contributed by atoms with Gasteiger partial charge in [0.05, 0.1) is 0 Å². The molecule has 4 heteroatoms. The molecule has 11 heavy (non-hydrogen) atoms. The molecular weight excluding hydrogens is 303 g/mol. The number of imidazole rings is 1. The number of aromatic nitrogens is 2. The predicted molar refractivity (Wildman–Crippen MR) is 51.2 cm³/mol. The molecule has 0 amide bonds. The molecule has 0 unspecified atom stereocenters. The summed E-state index contributed by atoms with van der Waals surface area (Å²) in [5.41, 5.74) is 0. The van der Waals surface area contributed by atoms with Crippen molar-refractivity contribution in [1.82, 2.24) is 9.97 Å². The molecule has 0 aliphatic carbocycles. The summed E-state index contributed by atoms with van der Waals surface area (Å²) in [5, 5.41) is 0. The van der Waals surface area contributed by atoms with Crippen LogP contribution in [0.3, 0.4) is 0 Å². The van der Waals surface area contributed by atoms with E-state index in [1.807, 2.05) is 6.20 Å². The summed E-state index contributed by atoms with van der Waals surface area (Å²) < 4.78 is 0. The van der Waals surface area contributed by atoms with Crippen molar-refractivity contribution in [1.29, 1.82) is 0 Å². The predicted octanol–water partition coefficient (Wildman–Crippen LogP) is 2.64. The van der Waals surface area contributed by atoms with Crippen molar-refractivity contribution >= 4 is 20.3 Å². The van der Waals surface area contributed by atoms with Crippen molar-refractivity contribution in [3.63, 3.8) is 0 Å². The molecule has 0 fully saturated rings. The van der Waals surface area contributed by atoms with Gasteiger partial charge in [-0.2, -0.15) is 0 Å². The van der Waals surface area contributed by atoms with Crippen LogP contribution in [0, 0.1) is 0 Å². The molecule has 1 heterocycles. The summed E-state index contributed by atoms with van der Waals surface area (Å²) in [6.07, 6.45) is 7.22. The van der Waals surface area contributed by atoms with Crippen LogP contribution in [0.1, 0.15) is 25.6 Å². The Morgan fingerprint density at radius 1 is 1.64 bits per heavy atom. The third-order valence-corrected chi connectivity index (χ3v) is 1.32. The maximum atomic E-state index is 4.16. The molecule has 0 aliphatic heterocycles.